The van der Waals surface area contributed by atoms with Crippen molar-refractivity contribution < 1.29 is 22.2 Å². The number of hydrogen-bond acceptors (Lipinski definition) is 4. The molecule has 1 fully saturated rings. The molecule has 7 nitrogen and oxygen atoms in total. The number of sulfonamides is 2. The van der Waals surface area contributed by atoms with Gasteiger partial charge in [0, 0.05) is 13.1 Å². The zero-order chi connectivity index (χ0) is 29.0. The van der Waals surface area contributed by atoms with Gasteiger partial charge in [0.15, 0.2) is 0 Å². The minimum absolute atomic E-state index is 0.0215. The van der Waals surface area contributed by atoms with Gasteiger partial charge in [0.25, 0.3) is 0 Å². The normalized spacial score (nSPS) is 17.8. The van der Waals surface area contributed by atoms with E-state index in [1.54, 1.807) is 24.3 Å². The van der Waals surface area contributed by atoms with Crippen LogP contribution in [0.25, 0.3) is 0 Å². The van der Waals surface area contributed by atoms with Gasteiger partial charge in [-0.05, 0) is 35.4 Å². The first-order valence-corrected chi connectivity index (χ1v) is 16.8. The molecule has 4 aromatic rings. The van der Waals surface area contributed by atoms with Gasteiger partial charge in [0.1, 0.15) is 9.79 Å². The zero-order valence-electron chi connectivity index (χ0n) is 22.1. The van der Waals surface area contributed by atoms with Gasteiger partial charge in [0.05, 0.1) is 35.2 Å². The molecule has 0 unspecified atom stereocenters. The van der Waals surface area contributed by atoms with Crippen LogP contribution in [0.5, 0.6) is 0 Å². The maximum absolute atomic E-state index is 14.3. The summed E-state index contributed by atoms with van der Waals surface area (Å²) in [5.74, 6) is 0. The summed E-state index contributed by atoms with van der Waals surface area (Å²) < 4.78 is 59.9. The number of nitrogens with two attached hydrogens (primary N) is 1. The molecule has 214 valence electrons. The number of hydrogen-bond donors (Lipinski definition) is 1. The summed E-state index contributed by atoms with van der Waals surface area (Å²) in [7, 11) is -8.27. The van der Waals surface area contributed by atoms with E-state index < -0.39 is 32.1 Å². The molecule has 4 aromatic carbocycles. The quantitative estimate of drug-likeness (QED) is 0.281. The standard InChI is InChI=1S/C30H29Cl2N3O4S2/c31-25-15-7-9-17-29(25)40(36,37)34(21-23-11-3-1-4-12-23)27-19-33-20-28(27)35(22-24-13-5-2-6-14-24)41(38,39)30-18-10-8-16-26(30)32/h1-18,27-28,33H,19-22H2/p+1/t27-,28-/m0/s1. The molecule has 0 aliphatic carbocycles. The lowest BCUT2D eigenvalue weighted by molar-refractivity contribution is -0.638. The van der Waals surface area contributed by atoms with Crippen molar-refractivity contribution in [2.24, 2.45) is 0 Å². The van der Waals surface area contributed by atoms with Gasteiger partial charge in [-0.2, -0.15) is 8.61 Å². The number of quaternary nitrogens is 1. The van der Waals surface area contributed by atoms with Gasteiger partial charge in [-0.3, -0.25) is 0 Å². The van der Waals surface area contributed by atoms with Crippen LogP contribution in [0.1, 0.15) is 11.1 Å². The highest BCUT2D eigenvalue weighted by Gasteiger charge is 2.48. The maximum Gasteiger partial charge on any atom is 0.245 e. The molecular weight excluding hydrogens is 601 g/mol. The van der Waals surface area contributed by atoms with Gasteiger partial charge < -0.3 is 5.32 Å². The van der Waals surface area contributed by atoms with Crippen molar-refractivity contribution in [2.45, 2.75) is 35.0 Å². The molecule has 0 bridgehead atoms. The van der Waals surface area contributed by atoms with Crippen LogP contribution in [0.4, 0.5) is 0 Å². The molecule has 0 amide bonds. The Hall–Kier alpha value is -2.76. The SMILES string of the molecule is O=S(=O)(c1ccccc1Cl)N(Cc1ccccc1)[C@H]1C[NH2+]C[C@@H]1N(Cc1ccccc1)S(=O)(=O)c1ccccc1Cl. The van der Waals surface area contributed by atoms with Crippen LogP contribution < -0.4 is 5.32 Å². The van der Waals surface area contributed by atoms with Crippen LogP contribution in [0, 0.1) is 0 Å². The van der Waals surface area contributed by atoms with Gasteiger partial charge in [-0.1, -0.05) is 108 Å². The van der Waals surface area contributed by atoms with Crippen molar-refractivity contribution in [3.05, 3.63) is 130 Å². The summed E-state index contributed by atoms with van der Waals surface area (Å²) in [4.78, 5) is -0.0429. The third kappa shape index (κ3) is 6.36. The molecule has 1 heterocycles. The Morgan fingerprint density at radius 3 is 1.27 bits per heavy atom. The molecule has 2 atom stereocenters. The van der Waals surface area contributed by atoms with Gasteiger partial charge in [-0.15, -0.1) is 0 Å². The summed E-state index contributed by atoms with van der Waals surface area (Å²) in [5, 5.41) is 2.16. The van der Waals surface area contributed by atoms with E-state index >= 15 is 0 Å². The molecule has 1 aliphatic rings. The van der Waals surface area contributed by atoms with Gasteiger partial charge in [-0.25, -0.2) is 16.8 Å². The van der Waals surface area contributed by atoms with Crippen LogP contribution in [0.2, 0.25) is 10.0 Å². The Kier molecular flexibility index (Phi) is 9.15. The van der Waals surface area contributed by atoms with E-state index in [4.69, 9.17) is 23.2 Å². The molecule has 0 spiro atoms. The predicted octanol–water partition coefficient (Wildman–Crippen LogP) is 4.39. The highest BCUT2D eigenvalue weighted by Crippen LogP contribution is 2.33. The largest absolute Gasteiger partial charge is 0.343 e. The summed E-state index contributed by atoms with van der Waals surface area (Å²) >= 11 is 12.8. The monoisotopic (exact) mass is 630 g/mol. The lowest BCUT2D eigenvalue weighted by atomic mass is 10.1. The third-order valence-corrected chi connectivity index (χ3v) is 12.0. The topological polar surface area (TPSA) is 91.4 Å². The first kappa shape index (κ1) is 29.7. The molecule has 0 saturated carbocycles. The average Bonchev–Trinajstić information content (AvgIpc) is 3.44. The van der Waals surface area contributed by atoms with Crippen LogP contribution in [-0.4, -0.2) is 50.6 Å². The van der Waals surface area contributed by atoms with Crippen LogP contribution in [0.15, 0.2) is 119 Å². The highest BCUT2D eigenvalue weighted by atomic mass is 35.5. The van der Waals surface area contributed by atoms with Crippen molar-refractivity contribution in [3.8, 4) is 0 Å². The van der Waals surface area contributed by atoms with Crippen LogP contribution >= 0.6 is 23.2 Å². The fraction of sp³-hybridized carbons (Fsp3) is 0.200. The molecule has 0 aromatic heterocycles. The molecule has 1 aliphatic heterocycles. The molecule has 41 heavy (non-hydrogen) atoms. The van der Waals surface area contributed by atoms with E-state index in [0.29, 0.717) is 13.1 Å². The number of nitrogens with zero attached hydrogens (tertiary/aromatic N) is 2. The summed E-state index contributed by atoms with van der Waals surface area (Å²) in [6.45, 7) is 0.832. The van der Waals surface area contributed by atoms with Gasteiger partial charge in [0.2, 0.25) is 20.0 Å². The molecule has 0 radical (unpaired) electrons. The fourth-order valence-corrected chi connectivity index (χ4v) is 9.52. The molecule has 1 saturated heterocycles. The Bertz CT molecular complexity index is 1580. The molecular formula is C30H30Cl2N3O4S2+. The minimum atomic E-state index is -4.14. The van der Waals surface area contributed by atoms with E-state index in [-0.39, 0.29) is 32.9 Å². The Labute approximate surface area is 251 Å². The second-order valence-corrected chi connectivity index (χ2v) is 14.4. The second-order valence-electron chi connectivity index (χ2n) is 9.83. The van der Waals surface area contributed by atoms with Crippen molar-refractivity contribution in [1.82, 2.24) is 8.61 Å². The Morgan fingerprint density at radius 2 is 0.902 bits per heavy atom. The predicted molar refractivity (Wildman–Crippen MR) is 160 cm³/mol. The van der Waals surface area contributed by atoms with E-state index in [1.807, 2.05) is 66.0 Å². The minimum Gasteiger partial charge on any atom is -0.343 e. The smallest absolute Gasteiger partial charge is 0.245 e. The first-order chi connectivity index (χ1) is 19.7. The lowest BCUT2D eigenvalue weighted by Crippen LogP contribution is -2.82. The zero-order valence-corrected chi connectivity index (χ0v) is 25.2. The van der Waals surface area contributed by atoms with Crippen molar-refractivity contribution >= 4 is 43.2 Å². The lowest BCUT2D eigenvalue weighted by Gasteiger charge is -2.35. The highest BCUT2D eigenvalue weighted by molar-refractivity contribution is 7.89. The number of benzene rings is 4. The molecule has 2 N–H and O–H groups in total. The van der Waals surface area contributed by atoms with Crippen LogP contribution in [0.3, 0.4) is 0 Å². The van der Waals surface area contributed by atoms with E-state index in [0.717, 1.165) is 11.1 Å². The maximum atomic E-state index is 14.3. The third-order valence-electron chi connectivity index (χ3n) is 7.21. The summed E-state index contributed by atoms with van der Waals surface area (Å²) in [5.41, 5.74) is 1.55. The average molecular weight is 632 g/mol. The Balaban J connectivity index is 1.63. The number of halogens is 2. The van der Waals surface area contributed by atoms with Crippen molar-refractivity contribution in [3.63, 3.8) is 0 Å². The molecule has 5 rings (SSSR count). The fourth-order valence-electron chi connectivity index (χ4n) is 5.22. The van der Waals surface area contributed by atoms with E-state index in [9.17, 15) is 16.8 Å². The van der Waals surface area contributed by atoms with Crippen molar-refractivity contribution in [1.29, 1.82) is 0 Å². The summed E-state index contributed by atoms with van der Waals surface area (Å²) in [6.07, 6.45) is 0. The summed E-state index contributed by atoms with van der Waals surface area (Å²) in [6, 6.07) is 29.7. The second kappa shape index (κ2) is 12.6. The van der Waals surface area contributed by atoms with Crippen molar-refractivity contribution in [2.75, 3.05) is 13.1 Å². The van der Waals surface area contributed by atoms with Gasteiger partial charge >= 0.3 is 0 Å². The van der Waals surface area contributed by atoms with E-state index in [2.05, 4.69) is 0 Å². The first-order valence-electron chi connectivity index (χ1n) is 13.1. The van der Waals surface area contributed by atoms with E-state index in [1.165, 1.54) is 32.9 Å². The van der Waals surface area contributed by atoms with Crippen LogP contribution in [-0.2, 0) is 33.1 Å². The number of rotatable bonds is 10. The molecule has 11 heteroatoms. The Morgan fingerprint density at radius 1 is 0.561 bits per heavy atom.